The molecule has 0 aromatic carbocycles. The lowest BCUT2D eigenvalue weighted by atomic mass is 10.2. The van der Waals surface area contributed by atoms with E-state index in [1.165, 1.54) is 13.3 Å². The number of unbranched alkanes of at least 4 members (excludes halogenated alkanes) is 1. The number of nitrogen functional groups attached to an aromatic ring is 1. The molecule has 0 aliphatic carbocycles. The first-order chi connectivity index (χ1) is 9.54. The number of nitrogens with two attached hydrogens (primary N) is 1. The van der Waals surface area contributed by atoms with Crippen molar-refractivity contribution in [2.75, 3.05) is 31.3 Å². The van der Waals surface area contributed by atoms with Gasteiger partial charge in [0.2, 0.25) is 0 Å². The predicted molar refractivity (Wildman–Crippen MR) is 78.8 cm³/mol. The molecule has 0 saturated heterocycles. The topological polar surface area (TPSA) is 86.5 Å². The zero-order valence-corrected chi connectivity index (χ0v) is 12.3. The van der Waals surface area contributed by atoms with Crippen LogP contribution in [0.2, 0.25) is 0 Å². The van der Waals surface area contributed by atoms with Gasteiger partial charge in [0.25, 0.3) is 0 Å². The van der Waals surface area contributed by atoms with Crippen LogP contribution >= 0.6 is 0 Å². The summed E-state index contributed by atoms with van der Waals surface area (Å²) in [6.45, 7) is 5.47. The molecule has 0 atom stereocenters. The van der Waals surface area contributed by atoms with Gasteiger partial charge in [-0.2, -0.15) is 0 Å². The first-order valence-electron chi connectivity index (χ1n) is 6.74. The van der Waals surface area contributed by atoms with Crippen LogP contribution in [0.25, 0.3) is 0 Å². The van der Waals surface area contributed by atoms with Crippen molar-refractivity contribution in [2.45, 2.75) is 32.8 Å². The van der Waals surface area contributed by atoms with Gasteiger partial charge >= 0.3 is 5.97 Å². The van der Waals surface area contributed by atoms with E-state index in [4.69, 9.17) is 15.2 Å². The van der Waals surface area contributed by atoms with Crippen LogP contribution in [0.5, 0.6) is 0 Å². The van der Waals surface area contributed by atoms with Crippen LogP contribution in [-0.4, -0.2) is 37.3 Å². The van der Waals surface area contributed by atoms with Crippen molar-refractivity contribution >= 4 is 17.5 Å². The summed E-state index contributed by atoms with van der Waals surface area (Å²) in [5, 5.41) is 3.12. The molecular weight excluding hydrogens is 258 g/mol. The zero-order valence-electron chi connectivity index (χ0n) is 12.3. The SMILES string of the molecule is COC(=O)c1cc(N)cnc1NCCCCOC(C)C. The fourth-order valence-electron chi connectivity index (χ4n) is 1.64. The number of rotatable bonds is 8. The Balaban J connectivity index is 2.45. The number of anilines is 2. The molecule has 0 saturated carbocycles. The van der Waals surface area contributed by atoms with Gasteiger partial charge in [0.1, 0.15) is 11.4 Å². The number of nitrogens with one attached hydrogen (secondary N) is 1. The summed E-state index contributed by atoms with van der Waals surface area (Å²) in [7, 11) is 1.33. The molecule has 0 radical (unpaired) electrons. The minimum Gasteiger partial charge on any atom is -0.465 e. The smallest absolute Gasteiger partial charge is 0.341 e. The van der Waals surface area contributed by atoms with Gasteiger partial charge in [-0.25, -0.2) is 9.78 Å². The number of hydrogen-bond acceptors (Lipinski definition) is 6. The molecule has 20 heavy (non-hydrogen) atoms. The average Bonchev–Trinajstić information content (AvgIpc) is 2.42. The lowest BCUT2D eigenvalue weighted by Crippen LogP contribution is -2.12. The van der Waals surface area contributed by atoms with Gasteiger partial charge in [-0.15, -0.1) is 0 Å². The molecule has 6 heteroatoms. The first kappa shape index (κ1) is 16.2. The largest absolute Gasteiger partial charge is 0.465 e. The van der Waals surface area contributed by atoms with E-state index in [0.717, 1.165) is 19.4 Å². The Morgan fingerprint density at radius 3 is 2.85 bits per heavy atom. The van der Waals surface area contributed by atoms with E-state index in [9.17, 15) is 4.79 Å². The van der Waals surface area contributed by atoms with Crippen molar-refractivity contribution in [2.24, 2.45) is 0 Å². The number of carbonyl (C=O) groups is 1. The summed E-state index contributed by atoms with van der Waals surface area (Å²) in [6.07, 6.45) is 3.65. The van der Waals surface area contributed by atoms with Crippen molar-refractivity contribution in [1.82, 2.24) is 4.98 Å². The van der Waals surface area contributed by atoms with Crippen LogP contribution in [0.4, 0.5) is 11.5 Å². The fourth-order valence-corrected chi connectivity index (χ4v) is 1.64. The van der Waals surface area contributed by atoms with E-state index in [1.54, 1.807) is 6.07 Å². The van der Waals surface area contributed by atoms with Gasteiger partial charge in [0, 0.05) is 13.2 Å². The zero-order chi connectivity index (χ0) is 15.0. The Hall–Kier alpha value is -1.82. The molecule has 6 nitrogen and oxygen atoms in total. The molecule has 0 aliphatic rings. The van der Waals surface area contributed by atoms with Crippen molar-refractivity contribution in [1.29, 1.82) is 0 Å². The summed E-state index contributed by atoms with van der Waals surface area (Å²) >= 11 is 0. The van der Waals surface area contributed by atoms with E-state index in [-0.39, 0.29) is 6.10 Å². The molecule has 0 amide bonds. The van der Waals surface area contributed by atoms with Gasteiger partial charge in [-0.3, -0.25) is 0 Å². The van der Waals surface area contributed by atoms with E-state index < -0.39 is 5.97 Å². The Labute approximate surface area is 119 Å². The third-order valence-corrected chi connectivity index (χ3v) is 2.63. The van der Waals surface area contributed by atoms with Crippen molar-refractivity contribution in [3.63, 3.8) is 0 Å². The average molecular weight is 281 g/mol. The number of pyridine rings is 1. The standard InChI is InChI=1S/C14H23N3O3/c1-10(2)20-7-5-4-6-16-13-12(14(18)19-3)8-11(15)9-17-13/h8-10H,4-7,15H2,1-3H3,(H,16,17). The van der Waals surface area contributed by atoms with E-state index in [1.807, 2.05) is 13.8 Å². The fraction of sp³-hybridized carbons (Fsp3) is 0.571. The Morgan fingerprint density at radius 1 is 1.45 bits per heavy atom. The molecule has 3 N–H and O–H groups in total. The normalized spacial score (nSPS) is 10.6. The third kappa shape index (κ3) is 5.44. The summed E-state index contributed by atoms with van der Waals surface area (Å²) in [4.78, 5) is 15.7. The monoisotopic (exact) mass is 281 g/mol. The molecule has 1 aromatic heterocycles. The third-order valence-electron chi connectivity index (χ3n) is 2.63. The molecular formula is C14H23N3O3. The van der Waals surface area contributed by atoms with Gasteiger partial charge in [0.15, 0.2) is 0 Å². The summed E-state index contributed by atoms with van der Waals surface area (Å²) in [5.74, 6) is 0.0475. The van der Waals surface area contributed by atoms with Crippen molar-refractivity contribution < 1.29 is 14.3 Å². The van der Waals surface area contributed by atoms with Crippen LogP contribution in [0.1, 0.15) is 37.0 Å². The highest BCUT2D eigenvalue weighted by molar-refractivity contribution is 5.95. The molecule has 112 valence electrons. The summed E-state index contributed by atoms with van der Waals surface area (Å²) in [5.41, 5.74) is 6.41. The van der Waals surface area contributed by atoms with Crippen LogP contribution in [0.15, 0.2) is 12.3 Å². The van der Waals surface area contributed by atoms with Crippen LogP contribution in [0.3, 0.4) is 0 Å². The molecule has 0 aliphatic heterocycles. The number of carbonyl (C=O) groups excluding carboxylic acids is 1. The van der Waals surface area contributed by atoms with Crippen molar-refractivity contribution in [3.8, 4) is 0 Å². The second-order valence-corrected chi connectivity index (χ2v) is 4.71. The first-order valence-corrected chi connectivity index (χ1v) is 6.74. The van der Waals surface area contributed by atoms with Gasteiger partial charge < -0.3 is 20.5 Å². The van der Waals surface area contributed by atoms with Crippen molar-refractivity contribution in [3.05, 3.63) is 17.8 Å². The molecule has 1 rings (SSSR count). The number of hydrogen-bond donors (Lipinski definition) is 2. The molecule has 0 fully saturated rings. The summed E-state index contributed by atoms with van der Waals surface area (Å²) in [6, 6.07) is 1.56. The summed E-state index contributed by atoms with van der Waals surface area (Å²) < 4.78 is 10.2. The molecule has 0 bridgehead atoms. The Bertz CT molecular complexity index is 436. The van der Waals surface area contributed by atoms with Crippen LogP contribution in [-0.2, 0) is 9.47 Å². The van der Waals surface area contributed by atoms with Gasteiger partial charge in [0.05, 0.1) is 25.1 Å². The van der Waals surface area contributed by atoms with Crippen LogP contribution < -0.4 is 11.1 Å². The number of aromatic nitrogens is 1. The maximum Gasteiger partial charge on any atom is 0.341 e. The highest BCUT2D eigenvalue weighted by Gasteiger charge is 2.13. The van der Waals surface area contributed by atoms with E-state index >= 15 is 0 Å². The maximum atomic E-state index is 11.6. The number of esters is 1. The Morgan fingerprint density at radius 2 is 2.20 bits per heavy atom. The van der Waals surface area contributed by atoms with Gasteiger partial charge in [-0.1, -0.05) is 0 Å². The maximum absolute atomic E-state index is 11.6. The molecule has 1 heterocycles. The van der Waals surface area contributed by atoms with Gasteiger partial charge in [-0.05, 0) is 32.8 Å². The lowest BCUT2D eigenvalue weighted by Gasteiger charge is -2.11. The highest BCUT2D eigenvalue weighted by Crippen LogP contribution is 2.16. The predicted octanol–water partition coefficient (Wildman–Crippen LogP) is 2.07. The van der Waals surface area contributed by atoms with E-state index in [2.05, 4.69) is 10.3 Å². The number of ether oxygens (including phenoxy) is 2. The molecule has 0 unspecified atom stereocenters. The molecule has 1 aromatic rings. The minimum atomic E-state index is -0.449. The second-order valence-electron chi connectivity index (χ2n) is 4.71. The second kappa shape index (κ2) is 8.37. The highest BCUT2D eigenvalue weighted by atomic mass is 16.5. The molecule has 0 spiro atoms. The lowest BCUT2D eigenvalue weighted by molar-refractivity contribution is 0.0601. The number of methoxy groups -OCH3 is 1. The Kier molecular flexibility index (Phi) is 6.79. The van der Waals surface area contributed by atoms with Crippen LogP contribution in [0, 0.1) is 0 Å². The number of nitrogens with zero attached hydrogens (tertiary/aromatic N) is 1. The quantitative estimate of drug-likeness (QED) is 0.560. The minimum absolute atomic E-state index is 0.257. The van der Waals surface area contributed by atoms with E-state index in [0.29, 0.717) is 23.6 Å².